The number of benzene rings is 2. The Balaban J connectivity index is 1.28. The minimum absolute atomic E-state index is 0.285. The standard InChI is InChI=1S/C23H20N8O3/c1-2-16-5-3-6-17(13-16)25-21(33)29-11-9-23(10-12-29)20(32)31(22(34)26-23)19-8-4-7-18(14-19)30-15-24-27-28-30/h1,3-8,13-15H,9-12H2,(H,25,33)(H,26,34). The molecule has 2 N–H and O–H groups in total. The largest absolute Gasteiger partial charge is 0.329 e. The number of carbonyl (C=O) groups excluding carboxylic acids is 3. The van der Waals surface area contributed by atoms with Crippen molar-refractivity contribution in [2.75, 3.05) is 23.3 Å². The summed E-state index contributed by atoms with van der Waals surface area (Å²) in [5, 5.41) is 16.7. The molecule has 0 bridgehead atoms. The smallest absolute Gasteiger partial charge is 0.324 e. The molecule has 11 nitrogen and oxygen atoms in total. The molecule has 5 rings (SSSR count). The molecule has 170 valence electrons. The van der Waals surface area contributed by atoms with Crippen molar-refractivity contribution in [1.82, 2.24) is 30.4 Å². The van der Waals surface area contributed by atoms with Gasteiger partial charge in [0.2, 0.25) is 0 Å². The Morgan fingerprint density at radius 1 is 1.09 bits per heavy atom. The van der Waals surface area contributed by atoms with E-state index in [1.165, 1.54) is 11.0 Å². The zero-order valence-corrected chi connectivity index (χ0v) is 18.0. The highest BCUT2D eigenvalue weighted by atomic mass is 16.2. The van der Waals surface area contributed by atoms with Crippen LogP contribution in [0.4, 0.5) is 21.0 Å². The number of nitrogens with zero attached hydrogens (tertiary/aromatic N) is 6. The molecule has 0 atom stereocenters. The number of anilines is 2. The number of terminal acetylenes is 1. The van der Waals surface area contributed by atoms with E-state index in [1.54, 1.807) is 53.4 Å². The van der Waals surface area contributed by atoms with Gasteiger partial charge in [-0.25, -0.2) is 19.2 Å². The zero-order chi connectivity index (χ0) is 23.7. The van der Waals surface area contributed by atoms with E-state index in [-0.39, 0.29) is 11.9 Å². The maximum Gasteiger partial charge on any atom is 0.329 e. The Morgan fingerprint density at radius 2 is 1.85 bits per heavy atom. The number of imide groups is 1. The summed E-state index contributed by atoms with van der Waals surface area (Å²) in [5.41, 5.74) is 1.24. The molecular formula is C23H20N8O3. The number of likely N-dealkylation sites (tertiary alicyclic amines) is 1. The number of aromatic nitrogens is 4. The maximum absolute atomic E-state index is 13.4. The van der Waals surface area contributed by atoms with Gasteiger partial charge in [0, 0.05) is 24.3 Å². The van der Waals surface area contributed by atoms with Crippen molar-refractivity contribution in [3.63, 3.8) is 0 Å². The van der Waals surface area contributed by atoms with Gasteiger partial charge in [-0.15, -0.1) is 11.5 Å². The lowest BCUT2D eigenvalue weighted by Crippen LogP contribution is -2.56. The van der Waals surface area contributed by atoms with Crippen LogP contribution in [-0.4, -0.2) is 61.7 Å². The SMILES string of the molecule is C#Cc1cccc(NC(=O)N2CCC3(CC2)NC(=O)N(c2cccc(-n4cnnn4)c2)C3=O)c1. The fraction of sp³-hybridized carbons (Fsp3) is 0.217. The number of nitrogens with one attached hydrogen (secondary N) is 2. The van der Waals surface area contributed by atoms with Gasteiger partial charge in [0.05, 0.1) is 11.4 Å². The lowest BCUT2D eigenvalue weighted by molar-refractivity contribution is -0.123. The van der Waals surface area contributed by atoms with E-state index in [2.05, 4.69) is 32.1 Å². The third kappa shape index (κ3) is 3.71. The summed E-state index contributed by atoms with van der Waals surface area (Å²) in [6.45, 7) is 0.621. The van der Waals surface area contributed by atoms with E-state index in [0.717, 1.165) is 4.90 Å². The first-order chi connectivity index (χ1) is 16.5. The van der Waals surface area contributed by atoms with Crippen molar-refractivity contribution in [1.29, 1.82) is 0 Å². The Morgan fingerprint density at radius 3 is 2.59 bits per heavy atom. The second kappa shape index (κ2) is 8.32. The summed E-state index contributed by atoms with van der Waals surface area (Å²) < 4.78 is 1.44. The van der Waals surface area contributed by atoms with Crippen LogP contribution in [0.25, 0.3) is 5.69 Å². The van der Waals surface area contributed by atoms with Crippen molar-refractivity contribution < 1.29 is 14.4 Å². The fourth-order valence-corrected chi connectivity index (χ4v) is 4.23. The highest BCUT2D eigenvalue weighted by Crippen LogP contribution is 2.33. The highest BCUT2D eigenvalue weighted by molar-refractivity contribution is 6.23. The van der Waals surface area contributed by atoms with Crippen molar-refractivity contribution >= 4 is 29.3 Å². The average molecular weight is 456 g/mol. The maximum atomic E-state index is 13.4. The first kappa shape index (κ1) is 21.1. The van der Waals surface area contributed by atoms with Gasteiger partial charge in [0.25, 0.3) is 5.91 Å². The highest BCUT2D eigenvalue weighted by Gasteiger charge is 2.53. The quantitative estimate of drug-likeness (QED) is 0.457. The molecule has 2 aliphatic heterocycles. The molecule has 2 fully saturated rings. The fourth-order valence-electron chi connectivity index (χ4n) is 4.23. The normalized spacial score (nSPS) is 16.9. The number of hydrogen-bond acceptors (Lipinski definition) is 6. The predicted molar refractivity (Wildman–Crippen MR) is 122 cm³/mol. The number of carbonyl (C=O) groups is 3. The summed E-state index contributed by atoms with van der Waals surface area (Å²) in [5.74, 6) is 2.19. The van der Waals surface area contributed by atoms with Crippen molar-refractivity contribution in [2.45, 2.75) is 18.4 Å². The number of rotatable bonds is 3. The molecule has 3 heterocycles. The van der Waals surface area contributed by atoms with Gasteiger partial charge < -0.3 is 15.5 Å². The second-order valence-electron chi connectivity index (χ2n) is 8.07. The molecule has 1 spiro atoms. The van der Waals surface area contributed by atoms with E-state index < -0.39 is 11.6 Å². The van der Waals surface area contributed by atoms with Crippen LogP contribution in [0, 0.1) is 12.3 Å². The molecule has 0 unspecified atom stereocenters. The summed E-state index contributed by atoms with van der Waals surface area (Å²) in [6, 6.07) is 13.1. The number of hydrogen-bond donors (Lipinski definition) is 2. The summed E-state index contributed by atoms with van der Waals surface area (Å²) in [6.07, 6.45) is 7.45. The van der Waals surface area contributed by atoms with Crippen LogP contribution in [0.1, 0.15) is 18.4 Å². The molecule has 0 aliphatic carbocycles. The molecule has 1 aromatic heterocycles. The van der Waals surface area contributed by atoms with Crippen LogP contribution in [0.15, 0.2) is 54.9 Å². The molecule has 2 aromatic carbocycles. The second-order valence-corrected chi connectivity index (χ2v) is 8.07. The van der Waals surface area contributed by atoms with E-state index in [9.17, 15) is 14.4 Å². The number of piperidine rings is 1. The molecule has 2 saturated heterocycles. The summed E-state index contributed by atoms with van der Waals surface area (Å²) >= 11 is 0. The van der Waals surface area contributed by atoms with Gasteiger partial charge in [-0.2, -0.15) is 0 Å². The van der Waals surface area contributed by atoms with E-state index in [1.807, 2.05) is 0 Å². The Bertz CT molecular complexity index is 1310. The Labute approximate surface area is 194 Å². The van der Waals surface area contributed by atoms with Crippen LogP contribution < -0.4 is 15.5 Å². The first-order valence-corrected chi connectivity index (χ1v) is 10.6. The lowest BCUT2D eigenvalue weighted by Gasteiger charge is -2.37. The lowest BCUT2D eigenvalue weighted by atomic mass is 9.87. The monoisotopic (exact) mass is 456 g/mol. The van der Waals surface area contributed by atoms with Crippen molar-refractivity contribution in [3.05, 3.63) is 60.4 Å². The van der Waals surface area contributed by atoms with Crippen LogP contribution in [0.2, 0.25) is 0 Å². The van der Waals surface area contributed by atoms with Gasteiger partial charge in [-0.3, -0.25) is 4.79 Å². The molecule has 2 aliphatic rings. The molecule has 5 amide bonds. The van der Waals surface area contributed by atoms with Crippen LogP contribution in [0.3, 0.4) is 0 Å². The topological polar surface area (TPSA) is 125 Å². The first-order valence-electron chi connectivity index (χ1n) is 10.6. The summed E-state index contributed by atoms with van der Waals surface area (Å²) in [4.78, 5) is 41.7. The Hall–Kier alpha value is -4.72. The van der Waals surface area contributed by atoms with Gasteiger partial charge >= 0.3 is 12.1 Å². The minimum atomic E-state index is -1.05. The number of amides is 5. The van der Waals surface area contributed by atoms with Crippen LogP contribution >= 0.6 is 0 Å². The van der Waals surface area contributed by atoms with Gasteiger partial charge in [-0.05, 0) is 59.7 Å². The molecule has 0 saturated carbocycles. The van der Waals surface area contributed by atoms with Gasteiger partial charge in [0.15, 0.2) is 0 Å². The average Bonchev–Trinajstić information content (AvgIpc) is 3.47. The van der Waals surface area contributed by atoms with Gasteiger partial charge in [0.1, 0.15) is 11.9 Å². The molecule has 0 radical (unpaired) electrons. The number of tetrazole rings is 1. The molecule has 11 heteroatoms. The molecular weight excluding hydrogens is 436 g/mol. The van der Waals surface area contributed by atoms with Crippen molar-refractivity contribution in [2.24, 2.45) is 0 Å². The third-order valence-electron chi connectivity index (χ3n) is 6.05. The van der Waals surface area contributed by atoms with E-state index >= 15 is 0 Å². The molecule has 34 heavy (non-hydrogen) atoms. The van der Waals surface area contributed by atoms with Crippen LogP contribution in [-0.2, 0) is 4.79 Å². The minimum Gasteiger partial charge on any atom is -0.324 e. The third-order valence-corrected chi connectivity index (χ3v) is 6.05. The van der Waals surface area contributed by atoms with E-state index in [0.29, 0.717) is 48.6 Å². The number of urea groups is 2. The Kier molecular flexibility index (Phi) is 5.18. The van der Waals surface area contributed by atoms with E-state index in [4.69, 9.17) is 6.42 Å². The van der Waals surface area contributed by atoms with Crippen LogP contribution in [0.5, 0.6) is 0 Å². The molecule has 3 aromatic rings. The zero-order valence-electron chi connectivity index (χ0n) is 18.0. The predicted octanol–water partition coefficient (Wildman–Crippen LogP) is 1.77. The summed E-state index contributed by atoms with van der Waals surface area (Å²) in [7, 11) is 0. The van der Waals surface area contributed by atoms with Gasteiger partial charge in [-0.1, -0.05) is 18.1 Å². The van der Waals surface area contributed by atoms with Crippen molar-refractivity contribution in [3.8, 4) is 18.0 Å².